The number of hydrogen-bond donors (Lipinski definition) is 3. The number of nitrogens with two attached hydrogens (primary N) is 1. The average Bonchev–Trinajstić information content (AvgIpc) is 2.81. The molecule has 100 valence electrons. The van der Waals surface area contributed by atoms with Crippen molar-refractivity contribution in [2.45, 2.75) is 18.9 Å². The lowest BCUT2D eigenvalue weighted by Gasteiger charge is -2.28. The van der Waals surface area contributed by atoms with Crippen LogP contribution >= 0.6 is 0 Å². The fraction of sp³-hybridized carbons (Fsp3) is 0.364. The fourth-order valence-electron chi connectivity index (χ4n) is 2.32. The van der Waals surface area contributed by atoms with E-state index in [9.17, 15) is 14.9 Å². The summed E-state index contributed by atoms with van der Waals surface area (Å²) in [5, 5.41) is 26.2. The Morgan fingerprint density at radius 2 is 2.11 bits per heavy atom. The zero-order chi connectivity index (χ0) is 14.2. The molecular formula is C11H13N5O3. The van der Waals surface area contributed by atoms with Crippen molar-refractivity contribution in [2.75, 3.05) is 6.54 Å². The van der Waals surface area contributed by atoms with E-state index in [0.29, 0.717) is 18.7 Å². The van der Waals surface area contributed by atoms with Crippen LogP contribution in [-0.2, 0) is 4.79 Å². The molecule has 2 aliphatic rings. The molecule has 8 heteroatoms. The molecule has 2 rings (SSSR count). The van der Waals surface area contributed by atoms with Crippen LogP contribution in [0.2, 0.25) is 0 Å². The lowest BCUT2D eigenvalue weighted by atomic mass is 10.0. The van der Waals surface area contributed by atoms with Crippen LogP contribution < -0.4 is 5.73 Å². The molecule has 0 radical (unpaired) electrons. The maximum absolute atomic E-state index is 11.3. The number of carbonyl (C=O) groups is 1. The van der Waals surface area contributed by atoms with Crippen molar-refractivity contribution >= 4 is 17.3 Å². The van der Waals surface area contributed by atoms with Crippen LogP contribution in [0.5, 0.6) is 0 Å². The minimum atomic E-state index is -0.695. The topological polar surface area (TPSA) is 137 Å². The van der Waals surface area contributed by atoms with E-state index in [1.54, 1.807) is 4.90 Å². The maximum Gasteiger partial charge on any atom is 0.296 e. The van der Waals surface area contributed by atoms with Gasteiger partial charge in [-0.2, -0.15) is 0 Å². The van der Waals surface area contributed by atoms with Crippen LogP contribution in [0.15, 0.2) is 23.5 Å². The van der Waals surface area contributed by atoms with E-state index in [0.717, 1.165) is 6.42 Å². The lowest BCUT2D eigenvalue weighted by molar-refractivity contribution is -0.414. The first kappa shape index (κ1) is 12.9. The highest BCUT2D eigenvalue weighted by Crippen LogP contribution is 2.25. The van der Waals surface area contributed by atoms with Gasteiger partial charge in [-0.25, -0.2) is 0 Å². The van der Waals surface area contributed by atoms with Crippen molar-refractivity contribution in [3.63, 3.8) is 0 Å². The van der Waals surface area contributed by atoms with E-state index < -0.39 is 28.3 Å². The lowest BCUT2D eigenvalue weighted by Crippen LogP contribution is -2.43. The van der Waals surface area contributed by atoms with Crippen molar-refractivity contribution in [1.82, 2.24) is 4.90 Å². The van der Waals surface area contributed by atoms with Gasteiger partial charge in [0, 0.05) is 12.6 Å². The molecule has 1 saturated heterocycles. The van der Waals surface area contributed by atoms with Crippen molar-refractivity contribution in [3.8, 4) is 0 Å². The van der Waals surface area contributed by atoms with Crippen molar-refractivity contribution in [2.24, 2.45) is 5.73 Å². The van der Waals surface area contributed by atoms with Crippen molar-refractivity contribution in [1.29, 1.82) is 10.8 Å². The third-order valence-electron chi connectivity index (χ3n) is 3.25. The second-order valence-electron chi connectivity index (χ2n) is 4.36. The van der Waals surface area contributed by atoms with Gasteiger partial charge in [0.25, 0.3) is 5.70 Å². The summed E-state index contributed by atoms with van der Waals surface area (Å²) in [5.74, 6) is -0.484. The number of nitrogens with zero attached hydrogens (tertiary/aromatic N) is 2. The average molecular weight is 263 g/mol. The monoisotopic (exact) mass is 263 g/mol. The van der Waals surface area contributed by atoms with Gasteiger partial charge in [-0.1, -0.05) is 0 Å². The number of nitrogens with one attached hydrogen (secondary N) is 2. The van der Waals surface area contributed by atoms with Gasteiger partial charge >= 0.3 is 0 Å². The van der Waals surface area contributed by atoms with Gasteiger partial charge in [-0.05, 0) is 18.9 Å². The summed E-state index contributed by atoms with van der Waals surface area (Å²) in [6.45, 7) is 0.552. The van der Waals surface area contributed by atoms with E-state index >= 15 is 0 Å². The molecule has 19 heavy (non-hydrogen) atoms. The largest absolute Gasteiger partial charge is 0.368 e. The summed E-state index contributed by atoms with van der Waals surface area (Å²) in [6.07, 6.45) is 3.95. The highest BCUT2D eigenvalue weighted by molar-refractivity contribution is 6.51. The minimum Gasteiger partial charge on any atom is -0.368 e. The molecule has 0 saturated carbocycles. The molecular weight excluding hydrogens is 250 g/mol. The molecule has 1 aliphatic carbocycles. The van der Waals surface area contributed by atoms with E-state index in [-0.39, 0.29) is 5.71 Å². The van der Waals surface area contributed by atoms with Crippen LogP contribution in [0.4, 0.5) is 0 Å². The fourth-order valence-corrected chi connectivity index (χ4v) is 2.32. The molecule has 0 aromatic heterocycles. The highest BCUT2D eigenvalue weighted by atomic mass is 16.6. The van der Waals surface area contributed by atoms with E-state index in [1.165, 1.54) is 12.2 Å². The second kappa shape index (κ2) is 4.63. The van der Waals surface area contributed by atoms with Gasteiger partial charge in [0.05, 0.1) is 10.6 Å². The first-order chi connectivity index (χ1) is 8.93. The van der Waals surface area contributed by atoms with E-state index in [4.69, 9.17) is 16.6 Å². The van der Waals surface area contributed by atoms with E-state index in [2.05, 4.69) is 0 Å². The zero-order valence-corrected chi connectivity index (χ0v) is 10.0. The Kier molecular flexibility index (Phi) is 3.16. The van der Waals surface area contributed by atoms with Crippen LogP contribution in [0.1, 0.15) is 12.8 Å². The molecule has 0 aromatic carbocycles. The van der Waals surface area contributed by atoms with Gasteiger partial charge in [-0.15, -0.1) is 0 Å². The van der Waals surface area contributed by atoms with Gasteiger partial charge in [0.2, 0.25) is 5.91 Å². The van der Waals surface area contributed by atoms with Gasteiger partial charge in [0.1, 0.15) is 11.8 Å². The summed E-state index contributed by atoms with van der Waals surface area (Å²) in [6, 6.07) is -0.509. The summed E-state index contributed by atoms with van der Waals surface area (Å²) >= 11 is 0. The normalized spacial score (nSPS) is 23.2. The van der Waals surface area contributed by atoms with Crippen LogP contribution in [-0.4, -0.2) is 39.7 Å². The Balaban J connectivity index is 2.35. The first-order valence-corrected chi connectivity index (χ1v) is 5.74. The molecule has 1 atom stereocenters. The second-order valence-corrected chi connectivity index (χ2v) is 4.36. The summed E-state index contributed by atoms with van der Waals surface area (Å²) < 4.78 is 0. The first-order valence-electron chi connectivity index (χ1n) is 5.74. The number of amides is 1. The molecule has 1 aliphatic heterocycles. The Hall–Kier alpha value is -2.51. The van der Waals surface area contributed by atoms with Crippen LogP contribution in [0.25, 0.3) is 0 Å². The molecule has 0 aromatic rings. The predicted molar refractivity (Wildman–Crippen MR) is 67.5 cm³/mol. The predicted octanol–water partition coefficient (Wildman–Crippen LogP) is 0.0337. The molecule has 1 amide bonds. The summed E-state index contributed by atoms with van der Waals surface area (Å²) in [5.41, 5.74) is 4.53. The van der Waals surface area contributed by atoms with Crippen LogP contribution in [0.3, 0.4) is 0 Å². The highest BCUT2D eigenvalue weighted by Gasteiger charge is 2.36. The van der Waals surface area contributed by atoms with Crippen molar-refractivity contribution in [3.05, 3.63) is 33.7 Å². The summed E-state index contributed by atoms with van der Waals surface area (Å²) in [4.78, 5) is 23.0. The SMILES string of the molecule is N=C1C(=N)C([N+](=O)[O-])=CC=C1N1CCCC1C(N)=O. The number of rotatable bonds is 3. The third-order valence-corrected chi connectivity index (χ3v) is 3.25. The maximum atomic E-state index is 11.3. The summed E-state index contributed by atoms with van der Waals surface area (Å²) in [7, 11) is 0. The molecule has 0 bridgehead atoms. The number of hydrogen-bond acceptors (Lipinski definition) is 6. The molecule has 4 N–H and O–H groups in total. The Morgan fingerprint density at radius 1 is 1.42 bits per heavy atom. The third kappa shape index (κ3) is 2.12. The van der Waals surface area contributed by atoms with Crippen LogP contribution in [0, 0.1) is 20.9 Å². The van der Waals surface area contributed by atoms with Gasteiger partial charge in [0.15, 0.2) is 5.71 Å². The number of likely N-dealkylation sites (tertiary alicyclic amines) is 1. The zero-order valence-electron chi connectivity index (χ0n) is 10.0. The molecule has 1 unspecified atom stereocenters. The molecule has 0 spiro atoms. The quantitative estimate of drug-likeness (QED) is 0.376. The van der Waals surface area contributed by atoms with Crippen molar-refractivity contribution < 1.29 is 9.72 Å². The van der Waals surface area contributed by atoms with Gasteiger partial charge in [-0.3, -0.25) is 25.7 Å². The van der Waals surface area contributed by atoms with E-state index in [1.807, 2.05) is 0 Å². The Morgan fingerprint density at radius 3 is 2.68 bits per heavy atom. The smallest absolute Gasteiger partial charge is 0.296 e. The number of primary amides is 1. The molecule has 1 heterocycles. The number of nitro groups is 1. The molecule has 8 nitrogen and oxygen atoms in total. The standard InChI is InChI=1S/C11H13N5O3/c12-9-6(3-4-7(10(9)13)16(18)19)15-5-1-2-8(15)11(14)17/h3-4,8,12-13H,1-2,5H2,(H2,14,17). The Bertz CT molecular complexity index is 549. The molecule has 1 fully saturated rings. The Labute approximate surface area is 108 Å². The number of carbonyl (C=O) groups excluding carboxylic acids is 1. The number of allylic oxidation sites excluding steroid dienone is 4. The van der Waals surface area contributed by atoms with Gasteiger partial charge < -0.3 is 10.6 Å². The minimum absolute atomic E-state index is 0.248.